The Bertz CT molecular complexity index is 2760. The van der Waals surface area contributed by atoms with E-state index in [-0.39, 0.29) is 0 Å². The molecule has 0 N–H and O–H groups in total. The molecule has 6 nitrogen and oxygen atoms in total. The molecule has 7 aromatic carbocycles. The fourth-order valence-corrected chi connectivity index (χ4v) is 6.73. The molecule has 0 unspecified atom stereocenters. The molecule has 2 heterocycles. The summed E-state index contributed by atoms with van der Waals surface area (Å²) in [7, 11) is 0. The highest BCUT2D eigenvalue weighted by Crippen LogP contribution is 2.39. The standard InChI is InChI=1S/C48H30N6/c1-49-37-28-25-32(26-29-37)42-31-36(27-30-40(42)48-53-45(34-17-7-3-8-18-34)52-46(54-48)35-19-9-4-10-20-35)38-21-11-12-22-39(38)47-50-43-24-14-13-23-41(43)44(51-47)33-15-5-2-6-16-33/h2-31H. The molecule has 0 spiro atoms. The number of nitrogens with zero attached hydrogens (tertiary/aromatic N) is 6. The van der Waals surface area contributed by atoms with E-state index in [1.165, 1.54) is 0 Å². The Hall–Kier alpha value is -7.62. The zero-order valence-electron chi connectivity index (χ0n) is 29.0. The SMILES string of the molecule is [C-]#[N+]c1ccc(-c2cc(-c3ccccc3-c3nc(-c4ccccc4)c4ccccc4n3)ccc2-c2nc(-c3ccccc3)nc(-c3ccccc3)n2)cc1. The zero-order chi connectivity index (χ0) is 36.3. The van der Waals surface area contributed by atoms with Crippen molar-refractivity contribution < 1.29 is 0 Å². The van der Waals surface area contributed by atoms with E-state index in [0.717, 1.165) is 66.7 Å². The maximum Gasteiger partial charge on any atom is 0.187 e. The minimum atomic E-state index is 0.553. The number of hydrogen-bond donors (Lipinski definition) is 0. The van der Waals surface area contributed by atoms with Gasteiger partial charge in [0.2, 0.25) is 0 Å². The Labute approximate surface area is 313 Å². The predicted octanol–water partition coefficient (Wildman–Crippen LogP) is 12.0. The highest BCUT2D eigenvalue weighted by Gasteiger charge is 2.19. The Morgan fingerprint density at radius 2 is 0.833 bits per heavy atom. The van der Waals surface area contributed by atoms with E-state index in [2.05, 4.69) is 53.4 Å². The van der Waals surface area contributed by atoms with Gasteiger partial charge in [-0.15, -0.1) is 0 Å². The largest absolute Gasteiger partial charge is 0.238 e. The molecule has 0 atom stereocenters. The van der Waals surface area contributed by atoms with Crippen molar-refractivity contribution in [2.24, 2.45) is 0 Å². The molecule has 0 aliphatic heterocycles. The zero-order valence-corrected chi connectivity index (χ0v) is 29.0. The van der Waals surface area contributed by atoms with E-state index in [0.29, 0.717) is 29.0 Å². The third-order valence-corrected chi connectivity index (χ3v) is 9.40. The second kappa shape index (κ2) is 14.2. The number of benzene rings is 7. The minimum Gasteiger partial charge on any atom is -0.238 e. The van der Waals surface area contributed by atoms with Gasteiger partial charge in [-0.05, 0) is 40.5 Å². The first-order valence-corrected chi connectivity index (χ1v) is 17.6. The topological polar surface area (TPSA) is 68.8 Å². The number of aromatic nitrogens is 5. The average molecular weight is 691 g/mol. The molecule has 252 valence electrons. The summed E-state index contributed by atoms with van der Waals surface area (Å²) in [5, 5.41) is 1.00. The predicted molar refractivity (Wildman–Crippen MR) is 217 cm³/mol. The quantitative estimate of drug-likeness (QED) is 0.156. The molecule has 54 heavy (non-hydrogen) atoms. The first-order chi connectivity index (χ1) is 26.7. The number of hydrogen-bond acceptors (Lipinski definition) is 5. The van der Waals surface area contributed by atoms with E-state index in [4.69, 9.17) is 31.5 Å². The molecule has 2 aromatic heterocycles. The highest BCUT2D eigenvalue weighted by molar-refractivity contribution is 5.95. The van der Waals surface area contributed by atoms with Crippen molar-refractivity contribution in [3.05, 3.63) is 193 Å². The van der Waals surface area contributed by atoms with Crippen LogP contribution in [0.2, 0.25) is 0 Å². The molecule has 6 heteroatoms. The van der Waals surface area contributed by atoms with Crippen LogP contribution in [0, 0.1) is 6.57 Å². The molecule has 0 aliphatic carbocycles. The van der Waals surface area contributed by atoms with Gasteiger partial charge >= 0.3 is 0 Å². The number of para-hydroxylation sites is 1. The van der Waals surface area contributed by atoms with E-state index in [9.17, 15) is 0 Å². The second-order valence-corrected chi connectivity index (χ2v) is 12.8. The van der Waals surface area contributed by atoms with Crippen LogP contribution in [0.5, 0.6) is 0 Å². The third-order valence-electron chi connectivity index (χ3n) is 9.40. The molecule has 9 aromatic rings. The van der Waals surface area contributed by atoms with Gasteiger partial charge in [-0.25, -0.2) is 29.8 Å². The minimum absolute atomic E-state index is 0.553. The van der Waals surface area contributed by atoms with Crippen LogP contribution in [0.1, 0.15) is 0 Å². The Morgan fingerprint density at radius 3 is 1.48 bits per heavy atom. The molecule has 9 rings (SSSR count). The van der Waals surface area contributed by atoms with E-state index >= 15 is 0 Å². The molecule has 0 bridgehead atoms. The normalized spacial score (nSPS) is 10.9. The molecule has 0 fully saturated rings. The average Bonchev–Trinajstić information content (AvgIpc) is 3.26. The van der Waals surface area contributed by atoms with Gasteiger partial charge in [0.05, 0.1) is 17.8 Å². The van der Waals surface area contributed by atoms with E-state index < -0.39 is 0 Å². The highest BCUT2D eigenvalue weighted by atomic mass is 15.0. The fourth-order valence-electron chi connectivity index (χ4n) is 6.73. The van der Waals surface area contributed by atoms with Gasteiger partial charge in [-0.3, -0.25) is 0 Å². The van der Waals surface area contributed by atoms with Crippen molar-refractivity contribution in [3.63, 3.8) is 0 Å². The van der Waals surface area contributed by atoms with E-state index in [1.54, 1.807) is 0 Å². The summed E-state index contributed by atoms with van der Waals surface area (Å²) in [4.78, 5) is 29.0. The Morgan fingerprint density at radius 1 is 0.333 bits per heavy atom. The maximum absolute atomic E-state index is 7.56. The van der Waals surface area contributed by atoms with Crippen molar-refractivity contribution in [1.29, 1.82) is 0 Å². The number of fused-ring (bicyclic) bond motifs is 1. The summed E-state index contributed by atoms with van der Waals surface area (Å²) in [6.45, 7) is 7.56. The lowest BCUT2D eigenvalue weighted by molar-refractivity contribution is 1.07. The summed E-state index contributed by atoms with van der Waals surface area (Å²) in [6.07, 6.45) is 0. The van der Waals surface area contributed by atoms with Crippen LogP contribution in [0.25, 0.3) is 94.8 Å². The fraction of sp³-hybridized carbons (Fsp3) is 0. The lowest BCUT2D eigenvalue weighted by Gasteiger charge is -2.16. The molecule has 0 saturated heterocycles. The van der Waals surface area contributed by atoms with Gasteiger partial charge in [-0.1, -0.05) is 164 Å². The second-order valence-electron chi connectivity index (χ2n) is 12.8. The summed E-state index contributed by atoms with van der Waals surface area (Å²) >= 11 is 0. The van der Waals surface area contributed by atoms with Crippen molar-refractivity contribution >= 4 is 16.6 Å². The molecule has 0 saturated carbocycles. The number of rotatable bonds is 7. The molecular formula is C48H30N6. The van der Waals surface area contributed by atoms with Crippen LogP contribution in [-0.4, -0.2) is 24.9 Å². The van der Waals surface area contributed by atoms with Crippen molar-refractivity contribution in [1.82, 2.24) is 24.9 Å². The van der Waals surface area contributed by atoms with Gasteiger partial charge in [0.1, 0.15) is 0 Å². The Kier molecular flexibility index (Phi) is 8.48. The smallest absolute Gasteiger partial charge is 0.187 e. The van der Waals surface area contributed by atoms with Gasteiger partial charge < -0.3 is 0 Å². The maximum atomic E-state index is 7.56. The van der Waals surface area contributed by atoms with Gasteiger partial charge in [-0.2, -0.15) is 0 Å². The molecule has 0 aliphatic rings. The molecule has 0 amide bonds. The van der Waals surface area contributed by atoms with Crippen molar-refractivity contribution in [2.45, 2.75) is 0 Å². The lowest BCUT2D eigenvalue weighted by atomic mass is 9.92. The van der Waals surface area contributed by atoms with Crippen LogP contribution < -0.4 is 0 Å². The van der Waals surface area contributed by atoms with Crippen LogP contribution in [0.3, 0.4) is 0 Å². The molecular weight excluding hydrogens is 661 g/mol. The summed E-state index contributed by atoms with van der Waals surface area (Å²) < 4.78 is 0. The van der Waals surface area contributed by atoms with Crippen LogP contribution in [0.15, 0.2) is 182 Å². The van der Waals surface area contributed by atoms with E-state index in [1.807, 2.05) is 133 Å². The summed E-state index contributed by atoms with van der Waals surface area (Å²) in [5.74, 6) is 2.38. The van der Waals surface area contributed by atoms with Crippen LogP contribution in [-0.2, 0) is 0 Å². The Balaban J connectivity index is 1.25. The summed E-state index contributed by atoms with van der Waals surface area (Å²) in [5.41, 5.74) is 10.8. The summed E-state index contributed by atoms with van der Waals surface area (Å²) in [6, 6.07) is 60.6. The van der Waals surface area contributed by atoms with Gasteiger partial charge in [0.15, 0.2) is 29.0 Å². The van der Waals surface area contributed by atoms with Crippen LogP contribution in [0.4, 0.5) is 5.69 Å². The molecule has 0 radical (unpaired) electrons. The van der Waals surface area contributed by atoms with Crippen molar-refractivity contribution in [2.75, 3.05) is 0 Å². The van der Waals surface area contributed by atoms with Crippen LogP contribution >= 0.6 is 0 Å². The van der Waals surface area contributed by atoms with Gasteiger partial charge in [0, 0.05) is 33.2 Å². The van der Waals surface area contributed by atoms with Crippen molar-refractivity contribution in [3.8, 4) is 79.1 Å². The lowest BCUT2D eigenvalue weighted by Crippen LogP contribution is -2.01. The first kappa shape index (κ1) is 32.3. The monoisotopic (exact) mass is 690 g/mol. The van der Waals surface area contributed by atoms with Gasteiger partial charge in [0.25, 0.3) is 0 Å². The first-order valence-electron chi connectivity index (χ1n) is 17.6. The third kappa shape index (κ3) is 6.27.